The molecule has 3 aliphatic rings. The molecule has 0 amide bonds. The fourth-order valence-electron chi connectivity index (χ4n) is 4.39. The second-order valence-electron chi connectivity index (χ2n) is 8.57. The van der Waals surface area contributed by atoms with E-state index in [0.29, 0.717) is 6.61 Å². The van der Waals surface area contributed by atoms with Crippen molar-refractivity contribution in [1.82, 2.24) is 0 Å². The number of aliphatic hydroxyl groups is 12. The van der Waals surface area contributed by atoms with Gasteiger partial charge in [-0.2, -0.15) is 0 Å². The van der Waals surface area contributed by atoms with Gasteiger partial charge in [0.1, 0.15) is 92.1 Å². The summed E-state index contributed by atoms with van der Waals surface area (Å²) in [6.45, 7) is -1.10. The summed E-state index contributed by atoms with van der Waals surface area (Å²) in [6, 6.07) is 0. The molecular weight excluding hydrogens is 456 g/mol. The van der Waals surface area contributed by atoms with E-state index in [2.05, 4.69) is 0 Å². The molecule has 0 bridgehead atoms. The first-order chi connectivity index (χ1) is 15.4. The van der Waals surface area contributed by atoms with E-state index < -0.39 is 104 Å². The minimum atomic E-state index is -2.71. The topological polar surface area (TPSA) is 270 Å². The Kier molecular flexibility index (Phi) is 8.32. The van der Waals surface area contributed by atoms with E-state index in [1.807, 2.05) is 0 Å². The van der Waals surface area contributed by atoms with Crippen molar-refractivity contribution in [2.45, 2.75) is 91.1 Å². The summed E-state index contributed by atoms with van der Waals surface area (Å²) in [7, 11) is 0. The van der Waals surface area contributed by atoms with Crippen molar-refractivity contribution in [3.8, 4) is 0 Å². The molecule has 3 fully saturated rings. The molecule has 0 aliphatic carbocycles. The molecule has 0 aromatic rings. The molecule has 3 saturated heterocycles. The van der Waals surface area contributed by atoms with Crippen molar-refractivity contribution in [2.75, 3.05) is 13.2 Å². The number of rotatable bonds is 5. The van der Waals surface area contributed by atoms with Crippen LogP contribution in [0.1, 0.15) is 0 Å². The van der Waals surface area contributed by atoms with Crippen LogP contribution in [0.5, 0.6) is 0 Å². The minimum absolute atomic E-state index is 0.509. The second-order valence-corrected chi connectivity index (χ2v) is 8.57. The van der Waals surface area contributed by atoms with E-state index in [9.17, 15) is 61.3 Å². The normalized spacial score (nSPS) is 54.7. The van der Waals surface area contributed by atoms with Gasteiger partial charge in [0.2, 0.25) is 0 Å². The third kappa shape index (κ3) is 4.53. The fraction of sp³-hybridized carbons (Fsp3) is 0.944. The molecule has 193 valence electrons. The summed E-state index contributed by atoms with van der Waals surface area (Å²) < 4.78 is 15.6. The lowest BCUT2D eigenvalue weighted by Crippen LogP contribution is -2.74. The quantitative estimate of drug-likeness (QED) is 0.172. The molecular formula is C18H31O15. The molecule has 3 rings (SSSR count). The zero-order chi connectivity index (χ0) is 24.8. The first-order valence-corrected chi connectivity index (χ1v) is 10.3. The smallest absolute Gasteiger partial charge is 0.150 e. The van der Waals surface area contributed by atoms with E-state index in [4.69, 9.17) is 14.2 Å². The summed E-state index contributed by atoms with van der Waals surface area (Å²) in [5, 5.41) is 121. The van der Waals surface area contributed by atoms with Crippen LogP contribution in [-0.2, 0) is 14.2 Å². The van der Waals surface area contributed by atoms with Gasteiger partial charge in [-0.15, -0.1) is 0 Å². The van der Waals surface area contributed by atoms with Crippen molar-refractivity contribution < 1.29 is 75.5 Å². The molecule has 0 spiro atoms. The lowest BCUT2D eigenvalue weighted by molar-refractivity contribution is -0.319. The van der Waals surface area contributed by atoms with Gasteiger partial charge in [-0.05, 0) is 0 Å². The highest BCUT2D eigenvalue weighted by atomic mass is 16.6. The van der Waals surface area contributed by atoms with Gasteiger partial charge in [0, 0.05) is 0 Å². The third-order valence-electron chi connectivity index (χ3n) is 6.50. The van der Waals surface area contributed by atoms with Crippen LogP contribution < -0.4 is 0 Å². The Morgan fingerprint density at radius 2 is 1.18 bits per heavy atom. The van der Waals surface area contributed by atoms with Crippen LogP contribution in [0, 0.1) is 6.61 Å². The lowest BCUT2D eigenvalue weighted by Gasteiger charge is -2.52. The van der Waals surface area contributed by atoms with E-state index in [1.54, 1.807) is 0 Å². The summed E-state index contributed by atoms with van der Waals surface area (Å²) in [4.78, 5) is 0. The van der Waals surface area contributed by atoms with Crippen LogP contribution in [0.25, 0.3) is 0 Å². The minimum Gasteiger partial charge on any atom is -0.394 e. The van der Waals surface area contributed by atoms with Crippen molar-refractivity contribution in [3.63, 3.8) is 0 Å². The lowest BCUT2D eigenvalue weighted by atomic mass is 9.76. The Bertz CT molecular complexity index is 648. The van der Waals surface area contributed by atoms with Gasteiger partial charge in [-0.1, -0.05) is 0 Å². The zero-order valence-corrected chi connectivity index (χ0v) is 17.2. The van der Waals surface area contributed by atoms with Crippen molar-refractivity contribution in [2.24, 2.45) is 0 Å². The summed E-state index contributed by atoms with van der Waals surface area (Å²) in [5.74, 6) is 0. The molecule has 15 atom stereocenters. The molecule has 12 N–H and O–H groups in total. The van der Waals surface area contributed by atoms with Crippen LogP contribution in [0.2, 0.25) is 0 Å². The number of hydrogen-bond acceptors (Lipinski definition) is 15. The second kappa shape index (κ2) is 10.2. The number of ether oxygens (including phenoxy) is 3. The van der Waals surface area contributed by atoms with Crippen LogP contribution in [0.4, 0.5) is 0 Å². The molecule has 0 saturated carbocycles. The molecule has 1 radical (unpaired) electrons. The molecule has 15 heteroatoms. The molecule has 15 nitrogen and oxygen atoms in total. The largest absolute Gasteiger partial charge is 0.394 e. The standard InChI is InChI=1S/C18H31O15/c19-1-4-6(21)8(23)10(25)15(32-4)12(27)14-13(28)16(29)18(30,3-31-14)17-11(26)9(24)7(22)5(2-20)33-17/h3-17,19-30H,1-2H2/t4-,5-,6-,7-,8+,9+,10-,11-,12?,13-,14-,15-,16+,17-,18+/m1/s1. The van der Waals surface area contributed by atoms with Crippen LogP contribution in [-0.4, -0.2) is 166 Å². The van der Waals surface area contributed by atoms with Gasteiger partial charge in [0.05, 0.1) is 13.2 Å². The summed E-state index contributed by atoms with van der Waals surface area (Å²) in [5.41, 5.74) is -2.71. The van der Waals surface area contributed by atoms with Crippen molar-refractivity contribution in [3.05, 3.63) is 6.61 Å². The molecule has 1 unspecified atom stereocenters. The number of aliphatic hydroxyl groups excluding tert-OH is 11. The van der Waals surface area contributed by atoms with Gasteiger partial charge >= 0.3 is 0 Å². The van der Waals surface area contributed by atoms with Crippen LogP contribution >= 0.6 is 0 Å². The molecule has 0 aromatic carbocycles. The third-order valence-corrected chi connectivity index (χ3v) is 6.50. The highest BCUT2D eigenvalue weighted by Crippen LogP contribution is 2.39. The first kappa shape index (κ1) is 27.0. The maximum absolute atomic E-state index is 10.9. The zero-order valence-electron chi connectivity index (χ0n) is 17.2. The van der Waals surface area contributed by atoms with E-state index >= 15 is 0 Å². The maximum atomic E-state index is 10.9. The Labute approximate surface area is 187 Å². The molecule has 0 aromatic heterocycles. The number of hydrogen-bond donors (Lipinski definition) is 12. The Hall–Kier alpha value is -0.600. The van der Waals surface area contributed by atoms with E-state index in [0.717, 1.165) is 0 Å². The molecule has 3 heterocycles. The highest BCUT2D eigenvalue weighted by Gasteiger charge is 2.62. The van der Waals surface area contributed by atoms with E-state index in [-0.39, 0.29) is 0 Å². The fourth-order valence-corrected chi connectivity index (χ4v) is 4.39. The van der Waals surface area contributed by atoms with E-state index in [1.165, 1.54) is 0 Å². The van der Waals surface area contributed by atoms with Crippen molar-refractivity contribution >= 4 is 0 Å². The predicted octanol–water partition coefficient (Wildman–Crippen LogP) is -7.95. The molecule has 3 aliphatic heterocycles. The average Bonchev–Trinajstić information content (AvgIpc) is 2.79. The summed E-state index contributed by atoms with van der Waals surface area (Å²) in [6.07, 6.45) is -25.6. The molecule has 33 heavy (non-hydrogen) atoms. The monoisotopic (exact) mass is 487 g/mol. The average molecular weight is 487 g/mol. The van der Waals surface area contributed by atoms with Gasteiger partial charge in [-0.3, -0.25) is 0 Å². The van der Waals surface area contributed by atoms with Crippen molar-refractivity contribution in [1.29, 1.82) is 0 Å². The van der Waals surface area contributed by atoms with Gasteiger partial charge in [-0.25, -0.2) is 0 Å². The Balaban J connectivity index is 1.78. The van der Waals surface area contributed by atoms with Crippen LogP contribution in [0.15, 0.2) is 0 Å². The first-order valence-electron chi connectivity index (χ1n) is 10.3. The SMILES string of the molecule is OC[C@H]1O[C@@H]([C@]2(O)[CH]O[C@H](C(O)[C@@H]3O[C@H](CO)[C@@H](O)[C@H](O)[C@H]3O)[C@@H](O)[C@@H]2O)[C@H](O)[C@@H](O)[C@@H]1O. The van der Waals surface area contributed by atoms with Gasteiger partial charge in [0.25, 0.3) is 0 Å². The predicted molar refractivity (Wildman–Crippen MR) is 99.7 cm³/mol. The Morgan fingerprint density at radius 1 is 0.667 bits per heavy atom. The highest BCUT2D eigenvalue weighted by molar-refractivity contribution is 5.14. The Morgan fingerprint density at radius 3 is 1.73 bits per heavy atom. The van der Waals surface area contributed by atoms with Gasteiger partial charge in [0.15, 0.2) is 5.60 Å². The summed E-state index contributed by atoms with van der Waals surface area (Å²) >= 11 is 0. The van der Waals surface area contributed by atoms with Gasteiger partial charge < -0.3 is 75.5 Å². The maximum Gasteiger partial charge on any atom is 0.150 e. The van der Waals surface area contributed by atoms with Crippen LogP contribution in [0.3, 0.4) is 0 Å².